The van der Waals surface area contributed by atoms with Crippen molar-refractivity contribution in [3.8, 4) is 55.6 Å². The Bertz CT molecular complexity index is 3950. The normalized spacial score (nSPS) is 11.9. The number of thiophene rings is 2. The fourth-order valence-corrected chi connectivity index (χ4v) is 12.1. The summed E-state index contributed by atoms with van der Waals surface area (Å²) in [6, 6.07) is 71.5. The molecule has 0 aliphatic heterocycles. The van der Waals surface area contributed by atoms with Crippen LogP contribution in [0.2, 0.25) is 0 Å². The van der Waals surface area contributed by atoms with Crippen LogP contribution in [0.15, 0.2) is 207 Å². The van der Waals surface area contributed by atoms with Crippen LogP contribution in [0, 0.1) is 0 Å². The minimum Gasteiger partial charge on any atom is -0.252 e. The minimum absolute atomic E-state index is 0.923. The second kappa shape index (κ2) is 14.0. The number of aromatic nitrogens is 2. The predicted octanol–water partition coefficient (Wildman–Crippen LogP) is 17.0. The molecule has 0 N–H and O–H groups in total. The fraction of sp³-hybridized carbons (Fsp3) is 0. The van der Waals surface area contributed by atoms with E-state index in [2.05, 4.69) is 194 Å². The van der Waals surface area contributed by atoms with E-state index in [1.807, 2.05) is 22.7 Å². The summed E-state index contributed by atoms with van der Waals surface area (Å²) in [5, 5.41) is 9.82. The van der Waals surface area contributed by atoms with Gasteiger partial charge in [-0.25, -0.2) is 0 Å². The third-order valence-corrected chi connectivity index (χ3v) is 15.0. The van der Waals surface area contributed by atoms with Crippen LogP contribution in [0.4, 0.5) is 0 Å². The van der Waals surface area contributed by atoms with Crippen LogP contribution in [0.1, 0.15) is 0 Å². The Balaban J connectivity index is 0.919. The Morgan fingerprint density at radius 2 is 0.629 bits per heavy atom. The summed E-state index contributed by atoms with van der Waals surface area (Å²) in [5.41, 5.74) is 13.9. The minimum atomic E-state index is 0.923. The molecule has 0 aliphatic carbocycles. The Hall–Kier alpha value is -7.50. The molecule has 0 saturated heterocycles. The maximum atomic E-state index is 4.89. The first-order chi connectivity index (χ1) is 30.7. The van der Waals surface area contributed by atoms with Crippen molar-refractivity contribution in [2.75, 3.05) is 0 Å². The molecular weight excluding hydrogens is 789 g/mol. The van der Waals surface area contributed by atoms with Gasteiger partial charge in [-0.1, -0.05) is 152 Å². The zero-order valence-corrected chi connectivity index (χ0v) is 35.0. The van der Waals surface area contributed by atoms with Crippen LogP contribution in [0.25, 0.3) is 129 Å². The van der Waals surface area contributed by atoms with Gasteiger partial charge in [-0.15, -0.1) is 22.7 Å². The summed E-state index contributed by atoms with van der Waals surface area (Å²) in [6.07, 6.45) is 3.61. The van der Waals surface area contributed by atoms with Crippen LogP contribution >= 0.6 is 22.7 Å². The zero-order valence-electron chi connectivity index (χ0n) is 33.3. The van der Waals surface area contributed by atoms with Gasteiger partial charge in [0.05, 0.1) is 11.0 Å². The maximum absolute atomic E-state index is 4.89. The molecule has 0 radical (unpaired) electrons. The van der Waals surface area contributed by atoms with Gasteiger partial charge in [0.25, 0.3) is 0 Å². The van der Waals surface area contributed by atoms with Gasteiger partial charge in [-0.2, -0.15) is 0 Å². The highest BCUT2D eigenvalue weighted by Crippen LogP contribution is 2.44. The summed E-state index contributed by atoms with van der Waals surface area (Å²) in [6.45, 7) is 0. The Morgan fingerprint density at radius 3 is 1.10 bits per heavy atom. The average Bonchev–Trinajstić information content (AvgIpc) is 3.93. The van der Waals surface area contributed by atoms with Gasteiger partial charge in [-0.3, -0.25) is 9.97 Å². The highest BCUT2D eigenvalue weighted by atomic mass is 32.1. The first-order valence-corrected chi connectivity index (χ1v) is 22.6. The molecule has 4 heteroatoms. The molecule has 13 rings (SSSR count). The van der Waals surface area contributed by atoms with Crippen LogP contribution in [0.5, 0.6) is 0 Å². The summed E-state index contributed by atoms with van der Waals surface area (Å²) in [4.78, 5) is 9.77. The number of hydrogen-bond donors (Lipinski definition) is 0. The fourth-order valence-electron chi connectivity index (χ4n) is 9.60. The summed E-state index contributed by atoms with van der Waals surface area (Å²) >= 11 is 3.75. The lowest BCUT2D eigenvalue weighted by Gasteiger charge is -2.13. The predicted molar refractivity (Wildman–Crippen MR) is 268 cm³/mol. The number of rotatable bonds is 5. The largest absolute Gasteiger partial charge is 0.252 e. The lowest BCUT2D eigenvalue weighted by atomic mass is 9.91. The Kier molecular flexibility index (Phi) is 7.99. The molecule has 62 heavy (non-hydrogen) atoms. The van der Waals surface area contributed by atoms with Crippen LogP contribution in [0.3, 0.4) is 0 Å². The number of nitrogens with zero attached hydrogens (tertiary/aromatic N) is 2. The molecule has 288 valence electrons. The molecule has 3 aromatic heterocycles. The molecular formula is C58H34N2S2. The van der Waals surface area contributed by atoms with Crippen molar-refractivity contribution in [3.05, 3.63) is 207 Å². The monoisotopic (exact) mass is 822 g/mol. The highest BCUT2D eigenvalue weighted by Gasteiger charge is 2.16. The molecule has 13 aromatic rings. The molecule has 0 aliphatic rings. The standard InChI is InChI=1S/C58H34N2S2/c1-3-22-53-45(16-1)49-20-8-18-43(57(49)61-53)41-14-6-12-37(31-41)35-10-5-11-36(30-35)39-24-26-47-51(33-39)52-34-40(25-27-48(52)56-55(47)59-28-29-60-56)38-13-7-15-42(32-38)44-19-9-21-50-46-17-2-4-23-54(46)62-58(44)50/h1-34H. The maximum Gasteiger partial charge on any atom is 0.0971 e. The molecule has 0 bridgehead atoms. The quantitative estimate of drug-likeness (QED) is 0.162. The smallest absolute Gasteiger partial charge is 0.0971 e. The van der Waals surface area contributed by atoms with Crippen molar-refractivity contribution in [3.63, 3.8) is 0 Å². The van der Waals surface area contributed by atoms with E-state index in [0.29, 0.717) is 0 Å². The molecule has 2 nitrogen and oxygen atoms in total. The van der Waals surface area contributed by atoms with Crippen molar-refractivity contribution in [1.29, 1.82) is 0 Å². The van der Waals surface area contributed by atoms with Crippen molar-refractivity contribution < 1.29 is 0 Å². The highest BCUT2D eigenvalue weighted by molar-refractivity contribution is 7.26. The SMILES string of the molecule is c1cc(-c2cccc(-c3cccc4c3sc3ccccc34)c2)cc(-c2ccc3c(c2)c2cc(-c4cccc(-c5cccc6c5sc5ccccc56)c4)ccc2c2nccnc32)c1. The third-order valence-electron chi connectivity index (χ3n) is 12.6. The first kappa shape index (κ1) is 35.3. The van der Waals surface area contributed by atoms with E-state index in [4.69, 9.17) is 9.97 Å². The van der Waals surface area contributed by atoms with Crippen molar-refractivity contribution in [2.45, 2.75) is 0 Å². The topological polar surface area (TPSA) is 25.8 Å². The Morgan fingerprint density at radius 1 is 0.258 bits per heavy atom. The van der Waals surface area contributed by atoms with E-state index >= 15 is 0 Å². The second-order valence-corrected chi connectivity index (χ2v) is 18.2. The van der Waals surface area contributed by atoms with Gasteiger partial charge < -0.3 is 0 Å². The number of benzene rings is 10. The number of hydrogen-bond acceptors (Lipinski definition) is 4. The van der Waals surface area contributed by atoms with Crippen LogP contribution < -0.4 is 0 Å². The molecule has 0 atom stereocenters. The summed E-state index contributed by atoms with van der Waals surface area (Å²) < 4.78 is 5.31. The number of fused-ring (bicyclic) bond motifs is 12. The average molecular weight is 823 g/mol. The van der Waals surface area contributed by atoms with Gasteiger partial charge in [0.1, 0.15) is 0 Å². The molecule has 10 aromatic carbocycles. The van der Waals surface area contributed by atoms with Gasteiger partial charge in [0.15, 0.2) is 0 Å². The second-order valence-electron chi connectivity index (χ2n) is 16.1. The van der Waals surface area contributed by atoms with Crippen LogP contribution in [-0.4, -0.2) is 9.97 Å². The van der Waals surface area contributed by atoms with Gasteiger partial charge in [0, 0.05) is 63.5 Å². The van der Waals surface area contributed by atoms with Crippen molar-refractivity contribution >= 4 is 95.6 Å². The summed E-state index contributed by atoms with van der Waals surface area (Å²) in [5.74, 6) is 0. The summed E-state index contributed by atoms with van der Waals surface area (Å²) in [7, 11) is 0. The van der Waals surface area contributed by atoms with Gasteiger partial charge >= 0.3 is 0 Å². The third kappa shape index (κ3) is 5.61. The molecule has 3 heterocycles. The van der Waals surface area contributed by atoms with E-state index in [0.717, 1.165) is 21.8 Å². The van der Waals surface area contributed by atoms with Crippen molar-refractivity contribution in [2.24, 2.45) is 0 Å². The van der Waals surface area contributed by atoms with E-state index in [9.17, 15) is 0 Å². The molecule has 0 unspecified atom stereocenters. The molecule has 0 amide bonds. The zero-order chi connectivity index (χ0) is 40.7. The van der Waals surface area contributed by atoms with E-state index in [1.165, 1.54) is 107 Å². The van der Waals surface area contributed by atoms with Crippen LogP contribution in [-0.2, 0) is 0 Å². The Labute approximate surface area is 365 Å². The van der Waals surface area contributed by atoms with E-state index < -0.39 is 0 Å². The van der Waals surface area contributed by atoms with E-state index in [-0.39, 0.29) is 0 Å². The van der Waals surface area contributed by atoms with E-state index in [1.54, 1.807) is 12.4 Å². The lowest BCUT2D eigenvalue weighted by molar-refractivity contribution is 1.31. The van der Waals surface area contributed by atoms with Gasteiger partial charge in [-0.05, 0) is 109 Å². The van der Waals surface area contributed by atoms with Crippen molar-refractivity contribution in [1.82, 2.24) is 9.97 Å². The lowest BCUT2D eigenvalue weighted by Crippen LogP contribution is -1.90. The molecule has 0 fully saturated rings. The van der Waals surface area contributed by atoms with Gasteiger partial charge in [0.2, 0.25) is 0 Å². The molecule has 0 spiro atoms. The molecule has 0 saturated carbocycles. The first-order valence-electron chi connectivity index (χ1n) is 20.9.